The summed E-state index contributed by atoms with van der Waals surface area (Å²) in [5.41, 5.74) is 2.40. The topological polar surface area (TPSA) is 52.5 Å². The molecular formula is C20H20N2O3S. The van der Waals surface area contributed by atoms with Gasteiger partial charge in [0.2, 0.25) is 0 Å². The zero-order chi connectivity index (χ0) is 18.1. The summed E-state index contributed by atoms with van der Waals surface area (Å²) in [6.07, 6.45) is 4.76. The van der Waals surface area contributed by atoms with Gasteiger partial charge in [-0.25, -0.2) is 0 Å². The number of rotatable bonds is 3. The van der Waals surface area contributed by atoms with E-state index in [-0.39, 0.29) is 5.91 Å². The van der Waals surface area contributed by atoms with Crippen molar-refractivity contribution in [1.82, 2.24) is 4.57 Å². The number of nitrogens with zero attached hydrogens (tertiary/aromatic N) is 1. The van der Waals surface area contributed by atoms with Crippen LogP contribution in [0.25, 0.3) is 5.00 Å². The van der Waals surface area contributed by atoms with E-state index in [1.807, 2.05) is 61.1 Å². The summed E-state index contributed by atoms with van der Waals surface area (Å²) < 4.78 is 13.3. The van der Waals surface area contributed by atoms with Gasteiger partial charge < -0.3 is 19.4 Å². The zero-order valence-electron chi connectivity index (χ0n) is 14.7. The molecule has 0 atom stereocenters. The van der Waals surface area contributed by atoms with Gasteiger partial charge in [0.25, 0.3) is 5.91 Å². The SMILES string of the molecule is Cc1sc(-n2cccc2)c(C(=O)Nc2ccc3c(c2)OCCCO3)c1C. The Labute approximate surface area is 156 Å². The maximum absolute atomic E-state index is 13.0. The number of benzene rings is 1. The molecule has 3 aromatic rings. The van der Waals surface area contributed by atoms with Crippen molar-refractivity contribution >= 4 is 22.9 Å². The van der Waals surface area contributed by atoms with Crippen LogP contribution in [0.1, 0.15) is 27.2 Å². The van der Waals surface area contributed by atoms with Crippen molar-refractivity contribution in [1.29, 1.82) is 0 Å². The molecule has 134 valence electrons. The lowest BCUT2D eigenvalue weighted by molar-refractivity contribution is 0.102. The molecule has 1 aromatic carbocycles. The molecule has 2 aromatic heterocycles. The van der Waals surface area contributed by atoms with Crippen LogP contribution in [-0.4, -0.2) is 23.7 Å². The van der Waals surface area contributed by atoms with Crippen LogP contribution in [0, 0.1) is 13.8 Å². The molecule has 1 aliphatic rings. The summed E-state index contributed by atoms with van der Waals surface area (Å²) in [7, 11) is 0. The molecule has 4 rings (SSSR count). The molecule has 0 aliphatic carbocycles. The number of nitrogens with one attached hydrogen (secondary N) is 1. The summed E-state index contributed by atoms with van der Waals surface area (Å²) >= 11 is 1.62. The highest BCUT2D eigenvalue weighted by Gasteiger charge is 2.21. The Morgan fingerprint density at radius 2 is 1.85 bits per heavy atom. The van der Waals surface area contributed by atoms with Gasteiger partial charge >= 0.3 is 0 Å². The first kappa shape index (κ1) is 16.7. The van der Waals surface area contributed by atoms with Crippen LogP contribution in [0.4, 0.5) is 5.69 Å². The van der Waals surface area contributed by atoms with Gasteiger partial charge in [-0.2, -0.15) is 0 Å². The molecular weight excluding hydrogens is 348 g/mol. The van der Waals surface area contributed by atoms with Gasteiger partial charge in [0.15, 0.2) is 11.5 Å². The van der Waals surface area contributed by atoms with Gasteiger partial charge in [-0.3, -0.25) is 4.79 Å². The molecule has 26 heavy (non-hydrogen) atoms. The molecule has 0 radical (unpaired) electrons. The number of amides is 1. The highest BCUT2D eigenvalue weighted by molar-refractivity contribution is 7.15. The predicted octanol–water partition coefficient (Wildman–Crippen LogP) is 4.57. The van der Waals surface area contributed by atoms with Gasteiger partial charge in [-0.05, 0) is 43.7 Å². The lowest BCUT2D eigenvalue weighted by atomic mass is 10.1. The summed E-state index contributed by atoms with van der Waals surface area (Å²) in [6.45, 7) is 5.29. The molecule has 1 aliphatic heterocycles. The zero-order valence-corrected chi connectivity index (χ0v) is 15.6. The van der Waals surface area contributed by atoms with Crippen molar-refractivity contribution in [2.75, 3.05) is 18.5 Å². The molecule has 0 bridgehead atoms. The van der Waals surface area contributed by atoms with E-state index in [4.69, 9.17) is 9.47 Å². The minimum atomic E-state index is -0.120. The Balaban J connectivity index is 1.64. The van der Waals surface area contributed by atoms with Crippen molar-refractivity contribution in [3.05, 3.63) is 58.7 Å². The van der Waals surface area contributed by atoms with Crippen molar-refractivity contribution in [2.24, 2.45) is 0 Å². The number of hydrogen-bond donors (Lipinski definition) is 1. The molecule has 1 amide bonds. The second kappa shape index (κ2) is 6.88. The maximum Gasteiger partial charge on any atom is 0.258 e. The number of ether oxygens (including phenoxy) is 2. The minimum Gasteiger partial charge on any atom is -0.490 e. The molecule has 1 N–H and O–H groups in total. The Kier molecular flexibility index (Phi) is 4.42. The minimum absolute atomic E-state index is 0.120. The van der Waals surface area contributed by atoms with E-state index in [1.54, 1.807) is 11.3 Å². The first-order valence-corrected chi connectivity index (χ1v) is 9.39. The van der Waals surface area contributed by atoms with Crippen LogP contribution in [0.5, 0.6) is 11.5 Å². The van der Waals surface area contributed by atoms with Crippen LogP contribution in [-0.2, 0) is 0 Å². The average Bonchev–Trinajstić information content (AvgIpc) is 3.18. The van der Waals surface area contributed by atoms with Gasteiger partial charge in [0, 0.05) is 35.4 Å². The Hall–Kier alpha value is -2.73. The largest absolute Gasteiger partial charge is 0.490 e. The molecule has 3 heterocycles. The smallest absolute Gasteiger partial charge is 0.258 e. The Bertz CT molecular complexity index is 944. The van der Waals surface area contributed by atoms with Crippen molar-refractivity contribution < 1.29 is 14.3 Å². The Morgan fingerprint density at radius 1 is 1.12 bits per heavy atom. The van der Waals surface area contributed by atoms with Crippen molar-refractivity contribution in [2.45, 2.75) is 20.3 Å². The fourth-order valence-corrected chi connectivity index (χ4v) is 4.08. The fraction of sp³-hybridized carbons (Fsp3) is 0.250. The van der Waals surface area contributed by atoms with Crippen LogP contribution in [0.15, 0.2) is 42.7 Å². The number of anilines is 1. The number of carbonyl (C=O) groups is 1. The first-order valence-electron chi connectivity index (χ1n) is 8.58. The lowest BCUT2D eigenvalue weighted by Gasteiger charge is -2.11. The second-order valence-electron chi connectivity index (χ2n) is 6.22. The van der Waals surface area contributed by atoms with E-state index in [0.717, 1.165) is 27.6 Å². The second-order valence-corrected chi connectivity index (χ2v) is 7.42. The van der Waals surface area contributed by atoms with Crippen molar-refractivity contribution in [3.63, 3.8) is 0 Å². The third-order valence-corrected chi connectivity index (χ3v) is 5.66. The third-order valence-electron chi connectivity index (χ3n) is 4.44. The number of aromatic nitrogens is 1. The molecule has 6 heteroatoms. The van der Waals surface area contributed by atoms with E-state index in [0.29, 0.717) is 30.2 Å². The van der Waals surface area contributed by atoms with E-state index < -0.39 is 0 Å². The van der Waals surface area contributed by atoms with Crippen LogP contribution in [0.2, 0.25) is 0 Å². The van der Waals surface area contributed by atoms with E-state index in [9.17, 15) is 4.79 Å². The monoisotopic (exact) mass is 368 g/mol. The predicted molar refractivity (Wildman–Crippen MR) is 103 cm³/mol. The highest BCUT2D eigenvalue weighted by Crippen LogP contribution is 2.34. The summed E-state index contributed by atoms with van der Waals surface area (Å²) in [4.78, 5) is 14.1. The quantitative estimate of drug-likeness (QED) is 0.737. The Morgan fingerprint density at radius 3 is 2.62 bits per heavy atom. The number of fused-ring (bicyclic) bond motifs is 1. The molecule has 5 nitrogen and oxygen atoms in total. The molecule has 0 fully saturated rings. The van der Waals surface area contributed by atoms with E-state index >= 15 is 0 Å². The molecule has 0 unspecified atom stereocenters. The summed E-state index contributed by atoms with van der Waals surface area (Å²) in [5, 5.41) is 3.93. The number of aryl methyl sites for hydroxylation is 1. The highest BCUT2D eigenvalue weighted by atomic mass is 32.1. The summed E-state index contributed by atoms with van der Waals surface area (Å²) in [5.74, 6) is 1.27. The third kappa shape index (κ3) is 3.08. The number of hydrogen-bond acceptors (Lipinski definition) is 4. The maximum atomic E-state index is 13.0. The lowest BCUT2D eigenvalue weighted by Crippen LogP contribution is -2.14. The molecule has 0 saturated carbocycles. The normalized spacial score (nSPS) is 13.3. The van der Waals surface area contributed by atoms with Gasteiger partial charge in [-0.15, -0.1) is 11.3 Å². The van der Waals surface area contributed by atoms with Crippen LogP contribution in [0.3, 0.4) is 0 Å². The fourth-order valence-electron chi connectivity index (χ4n) is 2.96. The average molecular weight is 368 g/mol. The van der Waals surface area contributed by atoms with Crippen molar-refractivity contribution in [3.8, 4) is 16.5 Å². The molecule has 0 saturated heterocycles. The summed E-state index contributed by atoms with van der Waals surface area (Å²) in [6, 6.07) is 9.42. The van der Waals surface area contributed by atoms with Gasteiger partial charge in [0.05, 0.1) is 18.8 Å². The van der Waals surface area contributed by atoms with Crippen LogP contribution < -0.4 is 14.8 Å². The standard InChI is InChI=1S/C20H20N2O3S/c1-13-14(2)26-20(22-8-3-4-9-22)18(13)19(23)21-15-6-7-16-17(12-15)25-11-5-10-24-16/h3-4,6-9,12H,5,10-11H2,1-2H3,(H,21,23). The first-order chi connectivity index (χ1) is 12.6. The van der Waals surface area contributed by atoms with E-state index in [1.165, 1.54) is 0 Å². The van der Waals surface area contributed by atoms with Gasteiger partial charge in [0.1, 0.15) is 5.00 Å². The number of carbonyl (C=O) groups excluding carboxylic acids is 1. The van der Waals surface area contributed by atoms with Gasteiger partial charge in [-0.1, -0.05) is 0 Å². The van der Waals surface area contributed by atoms with Crippen LogP contribution >= 0.6 is 11.3 Å². The number of thiophene rings is 1. The van der Waals surface area contributed by atoms with E-state index in [2.05, 4.69) is 5.32 Å². The molecule has 0 spiro atoms.